The third kappa shape index (κ3) is 2.46. The molecule has 0 unspecified atom stereocenters. The Labute approximate surface area is 135 Å². The minimum Gasteiger partial charge on any atom is -0.287 e. The van der Waals surface area contributed by atoms with Crippen molar-refractivity contribution < 1.29 is 0 Å². The van der Waals surface area contributed by atoms with E-state index in [2.05, 4.69) is 42.1 Å². The van der Waals surface area contributed by atoms with Gasteiger partial charge in [0.25, 0.3) is 0 Å². The van der Waals surface area contributed by atoms with Crippen molar-refractivity contribution in [3.05, 3.63) is 56.9 Å². The second kappa shape index (κ2) is 5.09. The van der Waals surface area contributed by atoms with E-state index in [0.29, 0.717) is 0 Å². The zero-order valence-electron chi connectivity index (χ0n) is 11.1. The molecular formula is C15H12BrClN4. The van der Waals surface area contributed by atoms with Crippen LogP contribution in [0.2, 0.25) is 5.02 Å². The molecule has 21 heavy (non-hydrogen) atoms. The first kappa shape index (κ1) is 13.2. The fraction of sp³-hybridized carbons (Fsp3) is 0.200. The van der Waals surface area contributed by atoms with Crippen LogP contribution in [0, 0.1) is 0 Å². The molecule has 0 fully saturated rings. The van der Waals surface area contributed by atoms with E-state index in [9.17, 15) is 0 Å². The summed E-state index contributed by atoms with van der Waals surface area (Å²) in [5.74, 6) is 0. The topological polar surface area (TPSA) is 44.8 Å². The highest BCUT2D eigenvalue weighted by atomic mass is 79.9. The molecule has 0 saturated heterocycles. The summed E-state index contributed by atoms with van der Waals surface area (Å²) in [5, 5.41) is 9.28. The van der Waals surface area contributed by atoms with E-state index in [1.54, 1.807) is 0 Å². The van der Waals surface area contributed by atoms with Gasteiger partial charge in [0.15, 0.2) is 0 Å². The van der Waals surface area contributed by atoms with Crippen LogP contribution in [0.25, 0.3) is 10.9 Å². The molecule has 3 aromatic rings. The fourth-order valence-corrected chi connectivity index (χ4v) is 3.34. The zero-order valence-corrected chi connectivity index (χ0v) is 13.4. The molecule has 1 aliphatic rings. The van der Waals surface area contributed by atoms with Crippen LogP contribution < -0.4 is 0 Å². The summed E-state index contributed by atoms with van der Waals surface area (Å²) >= 11 is 9.56. The minimum absolute atomic E-state index is 0.737. The van der Waals surface area contributed by atoms with Crippen molar-refractivity contribution in [1.29, 1.82) is 0 Å². The first-order chi connectivity index (χ1) is 10.2. The lowest BCUT2D eigenvalue weighted by Gasteiger charge is -2.13. The molecule has 0 aliphatic carbocycles. The Kier molecular flexibility index (Phi) is 3.21. The second-order valence-corrected chi connectivity index (χ2v) is 6.62. The molecular weight excluding hydrogens is 352 g/mol. The summed E-state index contributed by atoms with van der Waals surface area (Å²) in [5.41, 5.74) is 4.48. The Morgan fingerprint density at radius 3 is 3.10 bits per heavy atom. The SMILES string of the molecule is Clc1ccc2n[nH]c(CN3Cc4cc(Br)cnc4C3)c2c1. The van der Waals surface area contributed by atoms with Crippen LogP contribution >= 0.6 is 27.5 Å². The Balaban J connectivity index is 1.61. The van der Waals surface area contributed by atoms with E-state index in [0.717, 1.165) is 51.4 Å². The average Bonchev–Trinajstić information content (AvgIpc) is 3.02. The number of H-pyrrole nitrogens is 1. The predicted octanol–water partition coefficient (Wildman–Crippen LogP) is 3.89. The van der Waals surface area contributed by atoms with Gasteiger partial charge in [0, 0.05) is 40.7 Å². The number of nitrogens with one attached hydrogen (secondary N) is 1. The summed E-state index contributed by atoms with van der Waals surface area (Å²) in [7, 11) is 0. The molecule has 6 heteroatoms. The van der Waals surface area contributed by atoms with Crippen molar-refractivity contribution in [3.8, 4) is 0 Å². The van der Waals surface area contributed by atoms with Crippen molar-refractivity contribution in [2.24, 2.45) is 0 Å². The average molecular weight is 364 g/mol. The highest BCUT2D eigenvalue weighted by Gasteiger charge is 2.21. The lowest BCUT2D eigenvalue weighted by molar-refractivity contribution is 0.271. The maximum Gasteiger partial charge on any atom is 0.0925 e. The summed E-state index contributed by atoms with van der Waals surface area (Å²) in [6.45, 7) is 2.58. The molecule has 0 saturated carbocycles. The quantitative estimate of drug-likeness (QED) is 0.751. The van der Waals surface area contributed by atoms with Gasteiger partial charge in [-0.1, -0.05) is 11.6 Å². The number of pyridine rings is 1. The minimum atomic E-state index is 0.737. The Hall–Kier alpha value is -1.43. The molecule has 1 N–H and O–H groups in total. The number of rotatable bonds is 2. The van der Waals surface area contributed by atoms with Gasteiger partial charge in [0.05, 0.1) is 16.9 Å². The van der Waals surface area contributed by atoms with Gasteiger partial charge in [-0.05, 0) is 45.8 Å². The van der Waals surface area contributed by atoms with Crippen LogP contribution in [0.4, 0.5) is 0 Å². The van der Waals surface area contributed by atoms with E-state index in [-0.39, 0.29) is 0 Å². The first-order valence-corrected chi connectivity index (χ1v) is 7.84. The lowest BCUT2D eigenvalue weighted by Crippen LogP contribution is -2.16. The van der Waals surface area contributed by atoms with Crippen molar-refractivity contribution in [2.45, 2.75) is 19.6 Å². The Morgan fingerprint density at radius 1 is 1.29 bits per heavy atom. The summed E-state index contributed by atoms with van der Waals surface area (Å²) in [6, 6.07) is 7.91. The van der Waals surface area contributed by atoms with Gasteiger partial charge in [-0.25, -0.2) is 0 Å². The van der Waals surface area contributed by atoms with E-state index in [4.69, 9.17) is 11.6 Å². The standard InChI is InChI=1S/C15H12BrClN4/c16-10-3-9-6-21(7-14(9)18-5-10)8-15-12-4-11(17)1-2-13(12)19-20-15/h1-5H,6-8H2,(H,19,20). The first-order valence-electron chi connectivity index (χ1n) is 6.67. The molecule has 4 rings (SSSR count). The van der Waals surface area contributed by atoms with Gasteiger partial charge in [-0.3, -0.25) is 15.0 Å². The third-order valence-electron chi connectivity index (χ3n) is 3.77. The van der Waals surface area contributed by atoms with Gasteiger partial charge in [0.2, 0.25) is 0 Å². The molecule has 0 atom stereocenters. The summed E-state index contributed by atoms with van der Waals surface area (Å²) in [4.78, 5) is 6.82. The van der Waals surface area contributed by atoms with Gasteiger partial charge in [0.1, 0.15) is 0 Å². The zero-order chi connectivity index (χ0) is 14.4. The van der Waals surface area contributed by atoms with Crippen molar-refractivity contribution >= 4 is 38.4 Å². The van der Waals surface area contributed by atoms with E-state index in [1.165, 1.54) is 5.56 Å². The van der Waals surface area contributed by atoms with E-state index >= 15 is 0 Å². The molecule has 2 aromatic heterocycles. The van der Waals surface area contributed by atoms with Crippen LogP contribution in [-0.2, 0) is 19.6 Å². The monoisotopic (exact) mass is 362 g/mol. The lowest BCUT2D eigenvalue weighted by atomic mass is 10.2. The number of hydrogen-bond donors (Lipinski definition) is 1. The third-order valence-corrected chi connectivity index (χ3v) is 4.44. The second-order valence-electron chi connectivity index (χ2n) is 5.27. The molecule has 106 valence electrons. The maximum absolute atomic E-state index is 6.08. The number of nitrogens with zero attached hydrogens (tertiary/aromatic N) is 3. The van der Waals surface area contributed by atoms with Crippen molar-refractivity contribution in [1.82, 2.24) is 20.1 Å². The maximum atomic E-state index is 6.08. The summed E-state index contributed by atoms with van der Waals surface area (Å²) in [6.07, 6.45) is 1.85. The van der Waals surface area contributed by atoms with Gasteiger partial charge >= 0.3 is 0 Å². The molecule has 0 spiro atoms. The molecule has 0 bridgehead atoms. The van der Waals surface area contributed by atoms with E-state index < -0.39 is 0 Å². The molecule has 3 heterocycles. The van der Waals surface area contributed by atoms with E-state index in [1.807, 2.05) is 24.4 Å². The normalized spacial score (nSPS) is 14.8. The van der Waals surface area contributed by atoms with Gasteiger partial charge in [-0.2, -0.15) is 5.10 Å². The number of halogens is 2. The van der Waals surface area contributed by atoms with Gasteiger partial charge < -0.3 is 0 Å². The van der Waals surface area contributed by atoms with Crippen LogP contribution in [0.3, 0.4) is 0 Å². The number of aromatic amines is 1. The van der Waals surface area contributed by atoms with Crippen molar-refractivity contribution in [2.75, 3.05) is 0 Å². The van der Waals surface area contributed by atoms with Gasteiger partial charge in [-0.15, -0.1) is 0 Å². The molecule has 4 nitrogen and oxygen atoms in total. The largest absolute Gasteiger partial charge is 0.287 e. The number of hydrogen-bond acceptors (Lipinski definition) is 3. The van der Waals surface area contributed by atoms with Crippen LogP contribution in [0.5, 0.6) is 0 Å². The number of aromatic nitrogens is 3. The summed E-state index contributed by atoms with van der Waals surface area (Å²) < 4.78 is 1.03. The Morgan fingerprint density at radius 2 is 2.19 bits per heavy atom. The highest BCUT2D eigenvalue weighted by Crippen LogP contribution is 2.27. The molecule has 1 aromatic carbocycles. The van der Waals surface area contributed by atoms with Crippen LogP contribution in [-0.4, -0.2) is 20.1 Å². The van der Waals surface area contributed by atoms with Crippen LogP contribution in [0.1, 0.15) is 17.0 Å². The molecule has 0 amide bonds. The Bertz CT molecular complexity index is 830. The number of fused-ring (bicyclic) bond motifs is 2. The predicted molar refractivity (Wildman–Crippen MR) is 86.0 cm³/mol. The smallest absolute Gasteiger partial charge is 0.0925 e. The molecule has 1 aliphatic heterocycles. The van der Waals surface area contributed by atoms with Crippen LogP contribution in [0.15, 0.2) is 34.9 Å². The number of benzene rings is 1. The highest BCUT2D eigenvalue weighted by molar-refractivity contribution is 9.10. The van der Waals surface area contributed by atoms with Crippen molar-refractivity contribution in [3.63, 3.8) is 0 Å². The molecule has 0 radical (unpaired) electrons. The fourth-order valence-electron chi connectivity index (χ4n) is 2.79.